The quantitative estimate of drug-likeness (QED) is 0.803. The summed E-state index contributed by atoms with van der Waals surface area (Å²) in [4.78, 5) is 15.6. The molecule has 19 heavy (non-hydrogen) atoms. The van der Waals surface area contributed by atoms with Crippen molar-refractivity contribution in [1.29, 1.82) is 0 Å². The van der Waals surface area contributed by atoms with Crippen LogP contribution >= 0.6 is 0 Å². The normalized spacial score (nSPS) is 30.8. The molecule has 4 atom stereocenters. The van der Waals surface area contributed by atoms with Gasteiger partial charge in [-0.3, -0.25) is 9.53 Å². The van der Waals surface area contributed by atoms with Crippen molar-refractivity contribution in [2.75, 3.05) is 12.9 Å². The lowest BCUT2D eigenvalue weighted by Crippen LogP contribution is -2.46. The molecule has 108 valence electrons. The number of nitrogens with zero attached hydrogens (tertiary/aromatic N) is 1. The lowest BCUT2D eigenvalue weighted by molar-refractivity contribution is 0.176. The zero-order chi connectivity index (χ0) is 13.8. The number of fused-ring (bicyclic) bond motifs is 1. The van der Waals surface area contributed by atoms with Gasteiger partial charge in [0.2, 0.25) is 5.96 Å². The average Bonchev–Trinajstić information content (AvgIpc) is 2.79. The Bertz CT molecular complexity index is 400. The van der Waals surface area contributed by atoms with Crippen LogP contribution in [0.2, 0.25) is 0 Å². The summed E-state index contributed by atoms with van der Waals surface area (Å²) in [7, 11) is 0.579. The van der Waals surface area contributed by atoms with Gasteiger partial charge in [0.05, 0.1) is 19.2 Å². The number of aliphatic imine (C=N–C) groups is 1. The first-order chi connectivity index (χ1) is 9.13. The van der Waals surface area contributed by atoms with Gasteiger partial charge >= 0.3 is 6.09 Å². The van der Waals surface area contributed by atoms with E-state index in [2.05, 4.69) is 27.3 Å². The van der Waals surface area contributed by atoms with E-state index in [4.69, 9.17) is 0 Å². The van der Waals surface area contributed by atoms with Crippen LogP contribution in [0.15, 0.2) is 4.99 Å². The summed E-state index contributed by atoms with van der Waals surface area (Å²) in [5, 5.41) is 6.00. The van der Waals surface area contributed by atoms with Crippen molar-refractivity contribution < 1.29 is 13.7 Å². The molecule has 1 fully saturated rings. The Labute approximate surface area is 115 Å². The molecule has 0 spiro atoms. The van der Waals surface area contributed by atoms with Crippen LogP contribution in [0.4, 0.5) is 4.79 Å². The highest BCUT2D eigenvalue weighted by Gasteiger charge is 2.37. The lowest BCUT2D eigenvalue weighted by Gasteiger charge is -2.29. The van der Waals surface area contributed by atoms with Crippen molar-refractivity contribution in [2.24, 2.45) is 4.99 Å². The minimum absolute atomic E-state index is 0.182. The Kier molecular flexibility index (Phi) is 4.79. The van der Waals surface area contributed by atoms with Gasteiger partial charge in [0.15, 0.2) is 0 Å². The number of nitrogens with one attached hydrogen (secondary N) is 2. The summed E-state index contributed by atoms with van der Waals surface area (Å²) in [6.45, 7) is 2.05. The molecule has 2 aliphatic rings. The van der Waals surface area contributed by atoms with Crippen LogP contribution in [0.5, 0.6) is 0 Å². The number of hydrogen-bond acceptors (Lipinski definition) is 5. The fourth-order valence-electron chi connectivity index (χ4n) is 2.63. The summed E-state index contributed by atoms with van der Waals surface area (Å²) < 4.78 is 16.6. The summed E-state index contributed by atoms with van der Waals surface area (Å²) in [5.74, 6) is 1.25. The minimum atomic E-state index is -0.742. The van der Waals surface area contributed by atoms with Crippen LogP contribution in [0, 0.1) is 0 Å². The molecule has 0 aromatic heterocycles. The monoisotopic (exact) mass is 287 g/mol. The van der Waals surface area contributed by atoms with Crippen molar-refractivity contribution in [3.8, 4) is 0 Å². The number of amides is 1. The number of hydrogen-bond donors (Lipinski definition) is 2. The fourth-order valence-corrected chi connectivity index (χ4v) is 4.18. The van der Waals surface area contributed by atoms with Crippen LogP contribution in [0.3, 0.4) is 0 Å². The summed E-state index contributed by atoms with van der Waals surface area (Å²) in [6, 6.07) is 0.369. The largest absolute Gasteiger partial charge is 0.453 e. The maximum atomic E-state index is 12.0. The number of methoxy groups -OCH3 is 1. The molecule has 2 N–H and O–H groups in total. The van der Waals surface area contributed by atoms with E-state index in [0.29, 0.717) is 5.96 Å². The SMILES string of the molecule is CCCS(=O)C1CCC2N=C(NC(=O)OC)NC2C1. The second-order valence-electron chi connectivity index (χ2n) is 4.93. The maximum Gasteiger partial charge on any atom is 0.413 e. The van der Waals surface area contributed by atoms with E-state index in [9.17, 15) is 9.00 Å². The Morgan fingerprint density at radius 1 is 1.58 bits per heavy atom. The van der Waals surface area contributed by atoms with Gasteiger partial charge in [0.1, 0.15) is 0 Å². The maximum absolute atomic E-state index is 12.0. The third-order valence-corrected chi connectivity index (χ3v) is 5.55. The molecule has 1 saturated carbocycles. The fraction of sp³-hybridized carbons (Fsp3) is 0.833. The minimum Gasteiger partial charge on any atom is -0.453 e. The third kappa shape index (κ3) is 3.46. The highest BCUT2D eigenvalue weighted by molar-refractivity contribution is 7.85. The average molecular weight is 287 g/mol. The second-order valence-corrected chi connectivity index (χ2v) is 6.77. The van der Waals surface area contributed by atoms with E-state index in [1.54, 1.807) is 0 Å². The molecule has 0 aromatic rings. The molecule has 1 aliphatic heterocycles. The van der Waals surface area contributed by atoms with E-state index in [0.717, 1.165) is 31.4 Å². The molecule has 1 aliphatic carbocycles. The summed E-state index contributed by atoms with van der Waals surface area (Å²) >= 11 is 0. The van der Waals surface area contributed by atoms with Gasteiger partial charge in [0, 0.05) is 21.8 Å². The van der Waals surface area contributed by atoms with Crippen LogP contribution < -0.4 is 10.6 Å². The van der Waals surface area contributed by atoms with Gasteiger partial charge in [-0.25, -0.2) is 9.79 Å². The van der Waals surface area contributed by atoms with Crippen LogP contribution in [0.1, 0.15) is 32.6 Å². The third-order valence-electron chi connectivity index (χ3n) is 3.57. The van der Waals surface area contributed by atoms with E-state index < -0.39 is 16.9 Å². The van der Waals surface area contributed by atoms with E-state index in [1.165, 1.54) is 7.11 Å². The molecule has 0 saturated heterocycles. The number of carbonyl (C=O) groups excluding carboxylic acids is 1. The molecule has 0 radical (unpaired) electrons. The Morgan fingerprint density at radius 2 is 2.37 bits per heavy atom. The molecule has 2 rings (SSSR count). The molecule has 7 heteroatoms. The zero-order valence-corrected chi connectivity index (χ0v) is 12.2. The Morgan fingerprint density at radius 3 is 3.05 bits per heavy atom. The highest BCUT2D eigenvalue weighted by Crippen LogP contribution is 2.28. The van der Waals surface area contributed by atoms with Gasteiger partial charge in [-0.15, -0.1) is 0 Å². The smallest absolute Gasteiger partial charge is 0.413 e. The van der Waals surface area contributed by atoms with Crippen molar-refractivity contribution >= 4 is 22.9 Å². The number of ether oxygens (including phenoxy) is 1. The first-order valence-corrected chi connectivity index (χ1v) is 8.08. The van der Waals surface area contributed by atoms with Gasteiger partial charge < -0.3 is 10.1 Å². The molecule has 0 aromatic carbocycles. The first-order valence-electron chi connectivity index (χ1n) is 6.70. The van der Waals surface area contributed by atoms with E-state index >= 15 is 0 Å². The number of guanidine groups is 1. The van der Waals surface area contributed by atoms with Crippen LogP contribution in [-0.2, 0) is 15.5 Å². The van der Waals surface area contributed by atoms with Gasteiger partial charge in [-0.1, -0.05) is 6.92 Å². The highest BCUT2D eigenvalue weighted by atomic mass is 32.2. The zero-order valence-electron chi connectivity index (χ0n) is 11.3. The van der Waals surface area contributed by atoms with Gasteiger partial charge in [0.25, 0.3) is 0 Å². The van der Waals surface area contributed by atoms with Crippen molar-refractivity contribution in [2.45, 2.75) is 49.9 Å². The van der Waals surface area contributed by atoms with Gasteiger partial charge in [-0.05, 0) is 25.7 Å². The topological polar surface area (TPSA) is 79.8 Å². The summed E-state index contributed by atoms with van der Waals surface area (Å²) in [6.07, 6.45) is 3.16. The molecule has 0 bridgehead atoms. The standard InChI is InChI=1S/C12H21N3O3S/c1-3-6-19(17)8-4-5-9-10(7-8)14-11(13-9)15-12(16)18-2/h8-10H,3-7H2,1-2H3,(H2,13,14,15,16). The number of rotatable bonds is 3. The molecule has 1 heterocycles. The van der Waals surface area contributed by atoms with Crippen molar-refractivity contribution in [3.63, 3.8) is 0 Å². The van der Waals surface area contributed by atoms with E-state index in [-0.39, 0.29) is 17.3 Å². The molecule has 6 nitrogen and oxygen atoms in total. The molecule has 4 unspecified atom stereocenters. The summed E-state index contributed by atoms with van der Waals surface area (Å²) in [5.41, 5.74) is 0. The molecular weight excluding hydrogens is 266 g/mol. The van der Waals surface area contributed by atoms with Crippen LogP contribution in [-0.4, -0.2) is 46.5 Å². The second kappa shape index (κ2) is 6.36. The molecular formula is C12H21N3O3S. The van der Waals surface area contributed by atoms with E-state index in [1.807, 2.05) is 0 Å². The van der Waals surface area contributed by atoms with Crippen LogP contribution in [0.25, 0.3) is 0 Å². The predicted octanol–water partition coefficient (Wildman–Crippen LogP) is 0.750. The predicted molar refractivity (Wildman–Crippen MR) is 74.6 cm³/mol. The lowest BCUT2D eigenvalue weighted by atomic mass is 9.91. The Balaban J connectivity index is 1.88. The Hall–Kier alpha value is -1.11. The molecule has 1 amide bonds. The van der Waals surface area contributed by atoms with Gasteiger partial charge in [-0.2, -0.15) is 0 Å². The van der Waals surface area contributed by atoms with Crippen molar-refractivity contribution in [3.05, 3.63) is 0 Å². The number of alkyl carbamates (subject to hydrolysis) is 1. The first kappa shape index (κ1) is 14.3. The number of carbonyl (C=O) groups is 1. The van der Waals surface area contributed by atoms with Crippen molar-refractivity contribution in [1.82, 2.24) is 10.6 Å².